The van der Waals surface area contributed by atoms with Crippen LogP contribution in [0.2, 0.25) is 0 Å². The molecule has 0 spiro atoms. The predicted octanol–water partition coefficient (Wildman–Crippen LogP) is 4.44. The van der Waals surface area contributed by atoms with E-state index in [1.165, 1.54) is 12.1 Å². The standard InChI is InChI=1S/C18H13F4NO3/c19-16-7-12(18(20,21)22)9-23-17(16)26-15-3-1-10(2-4-15)11-5-13(24)8-14(25)6-11/h1-4,7,9,11H,5-6,8H2. The highest BCUT2D eigenvalue weighted by Gasteiger charge is 2.32. The van der Waals surface area contributed by atoms with Crippen molar-refractivity contribution < 1.29 is 31.9 Å². The zero-order valence-electron chi connectivity index (χ0n) is 13.3. The van der Waals surface area contributed by atoms with Crippen LogP contribution in [0.4, 0.5) is 17.6 Å². The van der Waals surface area contributed by atoms with Crippen molar-refractivity contribution in [1.29, 1.82) is 0 Å². The Hall–Kier alpha value is -2.77. The van der Waals surface area contributed by atoms with E-state index in [0.29, 0.717) is 12.3 Å². The molecule has 0 saturated heterocycles. The number of pyridine rings is 1. The Labute approximate surface area is 145 Å². The van der Waals surface area contributed by atoms with Crippen LogP contribution in [0.5, 0.6) is 11.6 Å². The molecule has 0 amide bonds. The molecule has 8 heteroatoms. The van der Waals surface area contributed by atoms with Gasteiger partial charge in [-0.1, -0.05) is 12.1 Å². The van der Waals surface area contributed by atoms with Crippen LogP contribution >= 0.6 is 0 Å². The number of hydrogen-bond acceptors (Lipinski definition) is 4. The van der Waals surface area contributed by atoms with E-state index in [9.17, 15) is 27.2 Å². The zero-order valence-corrected chi connectivity index (χ0v) is 13.3. The summed E-state index contributed by atoms with van der Waals surface area (Å²) in [5.41, 5.74) is -0.441. The van der Waals surface area contributed by atoms with Crippen molar-refractivity contribution in [3.63, 3.8) is 0 Å². The van der Waals surface area contributed by atoms with Gasteiger partial charge in [0.25, 0.3) is 5.88 Å². The minimum absolute atomic E-state index is 0.0312. The van der Waals surface area contributed by atoms with Gasteiger partial charge in [0, 0.05) is 19.0 Å². The van der Waals surface area contributed by atoms with Crippen LogP contribution in [-0.4, -0.2) is 16.6 Å². The maximum Gasteiger partial charge on any atom is 0.417 e. The number of alkyl halides is 3. The van der Waals surface area contributed by atoms with E-state index >= 15 is 0 Å². The van der Waals surface area contributed by atoms with Crippen LogP contribution in [0.3, 0.4) is 0 Å². The number of nitrogens with zero attached hydrogens (tertiary/aromatic N) is 1. The normalized spacial score (nSPS) is 16.0. The second-order valence-electron chi connectivity index (χ2n) is 6.04. The number of benzene rings is 1. The van der Waals surface area contributed by atoms with Gasteiger partial charge < -0.3 is 4.74 Å². The molecular weight excluding hydrogens is 354 g/mol. The first-order valence-electron chi connectivity index (χ1n) is 7.76. The summed E-state index contributed by atoms with van der Waals surface area (Å²) >= 11 is 0. The molecule has 1 heterocycles. The van der Waals surface area contributed by atoms with Crippen molar-refractivity contribution in [2.45, 2.75) is 31.4 Å². The summed E-state index contributed by atoms with van der Waals surface area (Å²) in [7, 11) is 0. The second kappa shape index (κ2) is 6.86. The van der Waals surface area contributed by atoms with Crippen LogP contribution in [0, 0.1) is 5.82 Å². The van der Waals surface area contributed by atoms with Crippen LogP contribution in [-0.2, 0) is 15.8 Å². The lowest BCUT2D eigenvalue weighted by Gasteiger charge is -2.20. The van der Waals surface area contributed by atoms with Crippen molar-refractivity contribution in [2.24, 2.45) is 0 Å². The monoisotopic (exact) mass is 367 g/mol. The van der Waals surface area contributed by atoms with Crippen LogP contribution in [0.25, 0.3) is 0 Å². The van der Waals surface area contributed by atoms with Crippen molar-refractivity contribution in [1.82, 2.24) is 4.98 Å². The van der Waals surface area contributed by atoms with Gasteiger partial charge >= 0.3 is 6.18 Å². The molecule has 3 rings (SSSR count). The first-order valence-corrected chi connectivity index (χ1v) is 7.76. The average molecular weight is 367 g/mol. The highest BCUT2D eigenvalue weighted by atomic mass is 19.4. The van der Waals surface area contributed by atoms with Gasteiger partial charge in [-0.25, -0.2) is 9.37 Å². The minimum atomic E-state index is -4.69. The number of halogens is 4. The highest BCUT2D eigenvalue weighted by molar-refractivity contribution is 6.02. The zero-order chi connectivity index (χ0) is 18.9. The van der Waals surface area contributed by atoms with Gasteiger partial charge in [-0.3, -0.25) is 9.59 Å². The van der Waals surface area contributed by atoms with E-state index in [1.54, 1.807) is 12.1 Å². The first kappa shape index (κ1) is 18.0. The summed E-state index contributed by atoms with van der Waals surface area (Å²) in [6.07, 6.45) is -3.67. The Bertz CT molecular complexity index is 831. The lowest BCUT2D eigenvalue weighted by atomic mass is 9.83. The van der Waals surface area contributed by atoms with Gasteiger partial charge in [0.15, 0.2) is 5.82 Å². The van der Waals surface area contributed by atoms with Gasteiger partial charge in [-0.15, -0.1) is 0 Å². The summed E-state index contributed by atoms with van der Waals surface area (Å²) in [5.74, 6) is -2.06. The lowest BCUT2D eigenvalue weighted by Crippen LogP contribution is -2.21. The molecule has 0 unspecified atom stereocenters. The van der Waals surface area contributed by atoms with E-state index in [-0.39, 0.29) is 42.5 Å². The summed E-state index contributed by atoms with van der Waals surface area (Å²) in [5, 5.41) is 0. The molecule has 0 N–H and O–H groups in total. The Morgan fingerprint density at radius 1 is 1.04 bits per heavy atom. The fraction of sp³-hybridized carbons (Fsp3) is 0.278. The number of carbonyl (C=O) groups is 2. The molecule has 1 fully saturated rings. The summed E-state index contributed by atoms with van der Waals surface area (Å²) < 4.78 is 56.5. The van der Waals surface area contributed by atoms with Crippen molar-refractivity contribution in [2.75, 3.05) is 0 Å². The van der Waals surface area contributed by atoms with Gasteiger partial charge in [-0.2, -0.15) is 13.2 Å². The molecule has 136 valence electrons. The maximum atomic E-state index is 13.8. The number of aromatic nitrogens is 1. The summed E-state index contributed by atoms with van der Waals surface area (Å²) in [6, 6.07) is 6.55. The topological polar surface area (TPSA) is 56.3 Å². The molecule has 0 radical (unpaired) electrons. The molecule has 1 aliphatic carbocycles. The van der Waals surface area contributed by atoms with E-state index in [2.05, 4.69) is 4.98 Å². The van der Waals surface area contributed by atoms with Gasteiger partial charge in [0.05, 0.1) is 12.0 Å². The molecule has 0 bridgehead atoms. The fourth-order valence-corrected chi connectivity index (χ4v) is 2.80. The van der Waals surface area contributed by atoms with Crippen LogP contribution in [0.1, 0.15) is 36.3 Å². The number of Topliss-reactive ketones (excluding diaryl/α,β-unsaturated/α-hetero) is 2. The average Bonchev–Trinajstić information content (AvgIpc) is 2.55. The number of rotatable bonds is 3. The predicted molar refractivity (Wildman–Crippen MR) is 82.3 cm³/mol. The Kier molecular flexibility index (Phi) is 4.76. The molecule has 0 atom stereocenters. The number of ether oxygens (including phenoxy) is 1. The minimum Gasteiger partial charge on any atom is -0.436 e. The van der Waals surface area contributed by atoms with E-state index in [4.69, 9.17) is 4.74 Å². The third-order valence-electron chi connectivity index (χ3n) is 4.04. The quantitative estimate of drug-likeness (QED) is 0.595. The van der Waals surface area contributed by atoms with E-state index < -0.39 is 23.4 Å². The maximum absolute atomic E-state index is 13.8. The molecule has 1 aromatic heterocycles. The largest absolute Gasteiger partial charge is 0.436 e. The first-order chi connectivity index (χ1) is 12.2. The molecule has 2 aromatic rings. The fourth-order valence-electron chi connectivity index (χ4n) is 2.80. The smallest absolute Gasteiger partial charge is 0.417 e. The summed E-state index contributed by atoms with van der Waals surface area (Å²) in [6.45, 7) is 0. The second-order valence-corrected chi connectivity index (χ2v) is 6.04. The highest BCUT2D eigenvalue weighted by Crippen LogP contribution is 2.33. The molecule has 1 saturated carbocycles. The molecule has 0 aliphatic heterocycles. The Morgan fingerprint density at radius 3 is 2.19 bits per heavy atom. The van der Waals surface area contributed by atoms with Crippen LogP contribution in [0.15, 0.2) is 36.5 Å². The van der Waals surface area contributed by atoms with Gasteiger partial charge in [0.2, 0.25) is 0 Å². The molecule has 1 aliphatic rings. The molecule has 1 aromatic carbocycles. The SMILES string of the molecule is O=C1CC(=O)CC(c2ccc(Oc3ncc(C(F)(F)F)cc3F)cc2)C1. The number of ketones is 2. The van der Waals surface area contributed by atoms with E-state index in [1.807, 2.05) is 0 Å². The summed E-state index contributed by atoms with van der Waals surface area (Å²) in [4.78, 5) is 26.4. The third kappa shape index (κ3) is 4.07. The van der Waals surface area contributed by atoms with E-state index in [0.717, 1.165) is 5.56 Å². The van der Waals surface area contributed by atoms with Crippen molar-refractivity contribution in [3.8, 4) is 11.6 Å². The molecular formula is C18H13F4NO3. The Balaban J connectivity index is 1.74. The van der Waals surface area contributed by atoms with Gasteiger partial charge in [0.1, 0.15) is 17.3 Å². The van der Waals surface area contributed by atoms with Crippen molar-refractivity contribution >= 4 is 11.6 Å². The number of carbonyl (C=O) groups excluding carboxylic acids is 2. The molecule has 4 nitrogen and oxygen atoms in total. The Morgan fingerprint density at radius 2 is 1.65 bits per heavy atom. The number of hydrogen-bond donors (Lipinski definition) is 0. The van der Waals surface area contributed by atoms with Gasteiger partial charge in [-0.05, 0) is 29.7 Å². The third-order valence-corrected chi connectivity index (χ3v) is 4.04. The molecule has 26 heavy (non-hydrogen) atoms. The van der Waals surface area contributed by atoms with Crippen LogP contribution < -0.4 is 4.74 Å². The van der Waals surface area contributed by atoms with Crippen molar-refractivity contribution in [3.05, 3.63) is 53.5 Å². The lowest BCUT2D eigenvalue weighted by molar-refractivity contribution is -0.138.